The number of hydrogen-bond acceptors (Lipinski definition) is 8. The lowest BCUT2D eigenvalue weighted by molar-refractivity contribution is -0.397. The molecular formula is C24H27F9I3N3O8. The third-order valence-electron chi connectivity index (χ3n) is 6.04. The molecule has 11 nitrogen and oxygen atoms in total. The van der Waals surface area contributed by atoms with Crippen LogP contribution in [-0.2, 0) is 4.74 Å². The van der Waals surface area contributed by atoms with Crippen molar-refractivity contribution in [1.82, 2.24) is 15.5 Å². The van der Waals surface area contributed by atoms with Gasteiger partial charge in [0.2, 0.25) is 0 Å². The van der Waals surface area contributed by atoms with E-state index in [4.69, 9.17) is 10.2 Å². The zero-order chi connectivity index (χ0) is 36.7. The fourth-order valence-corrected chi connectivity index (χ4v) is 8.06. The fourth-order valence-electron chi connectivity index (χ4n) is 3.45. The molecule has 1 rings (SSSR count). The van der Waals surface area contributed by atoms with Crippen LogP contribution in [0, 0.1) is 10.7 Å². The minimum Gasteiger partial charge on any atom is -0.394 e. The second kappa shape index (κ2) is 17.8. The molecule has 2 atom stereocenters. The molecule has 270 valence electrons. The smallest absolute Gasteiger partial charge is 0.394 e. The summed E-state index contributed by atoms with van der Waals surface area (Å²) in [6.45, 7) is -4.91. The lowest BCUT2D eigenvalue weighted by Gasteiger charge is -2.33. The number of benzene rings is 1. The lowest BCUT2D eigenvalue weighted by Crippen LogP contribution is -2.61. The second-order valence-corrected chi connectivity index (χ2v) is 12.8. The van der Waals surface area contributed by atoms with Gasteiger partial charge in [-0.3, -0.25) is 14.4 Å². The Morgan fingerprint density at radius 3 is 1.70 bits per heavy atom. The summed E-state index contributed by atoms with van der Waals surface area (Å²) < 4.78 is 122. The SMILES string of the molecule is CN(CC(O)CO)C(=O)c1c(I)c(C(=O)NCCOCCC(F)(F)C(F)(F)C(F)(F)C(F)(F)F)c(I)c(C(=O)NCC(O)CO)c1I. The average molecular weight is 1040 g/mol. The van der Waals surface area contributed by atoms with E-state index in [1.807, 2.05) is 0 Å². The molecule has 0 fully saturated rings. The summed E-state index contributed by atoms with van der Waals surface area (Å²) in [4.78, 5) is 40.6. The first kappa shape index (κ1) is 44.0. The molecule has 0 heterocycles. The van der Waals surface area contributed by atoms with Crippen LogP contribution in [0.2, 0.25) is 0 Å². The number of rotatable bonds is 17. The molecule has 0 aliphatic heterocycles. The second-order valence-electron chi connectivity index (χ2n) is 9.60. The highest BCUT2D eigenvalue weighted by Crippen LogP contribution is 2.54. The van der Waals surface area contributed by atoms with Gasteiger partial charge in [0.15, 0.2) is 0 Å². The normalized spacial score (nSPS) is 14.1. The van der Waals surface area contributed by atoms with Gasteiger partial charge >= 0.3 is 23.9 Å². The van der Waals surface area contributed by atoms with Crippen molar-refractivity contribution >= 4 is 85.5 Å². The predicted molar refractivity (Wildman–Crippen MR) is 169 cm³/mol. The van der Waals surface area contributed by atoms with Crippen molar-refractivity contribution in [3.63, 3.8) is 0 Å². The van der Waals surface area contributed by atoms with Crippen LogP contribution in [-0.4, -0.2) is 132 Å². The summed E-state index contributed by atoms with van der Waals surface area (Å²) in [5.41, 5.74) is -0.705. The molecule has 0 radical (unpaired) electrons. The minimum absolute atomic E-state index is 0.0236. The van der Waals surface area contributed by atoms with Crippen LogP contribution < -0.4 is 10.6 Å². The van der Waals surface area contributed by atoms with Crippen molar-refractivity contribution in [2.75, 3.05) is 53.1 Å². The van der Waals surface area contributed by atoms with Crippen LogP contribution in [0.5, 0.6) is 0 Å². The number of nitrogens with one attached hydrogen (secondary N) is 2. The molecule has 0 aromatic heterocycles. The van der Waals surface area contributed by atoms with Crippen molar-refractivity contribution in [3.8, 4) is 0 Å². The topological polar surface area (TPSA) is 169 Å². The van der Waals surface area contributed by atoms with Gasteiger partial charge in [-0.05, 0) is 67.8 Å². The van der Waals surface area contributed by atoms with Gasteiger partial charge in [0.1, 0.15) is 0 Å². The largest absolute Gasteiger partial charge is 0.460 e. The number of carbonyl (C=O) groups is 3. The zero-order valence-corrected chi connectivity index (χ0v) is 30.2. The quantitative estimate of drug-likeness (QED) is 0.0788. The molecule has 0 aliphatic rings. The van der Waals surface area contributed by atoms with Crippen LogP contribution in [0.25, 0.3) is 0 Å². The summed E-state index contributed by atoms with van der Waals surface area (Å²) in [5.74, 6) is -22.4. The monoisotopic (exact) mass is 1040 g/mol. The molecule has 3 amide bonds. The third kappa shape index (κ3) is 10.5. The average Bonchev–Trinajstić information content (AvgIpc) is 2.96. The molecule has 0 saturated carbocycles. The standard InChI is InChI=1S/C24H27F9I3N3O8/c1-39(7-11(43)9-41)20(46)14-16(35)12(15(34)13(17(14)36)19(45)38-6-10(42)8-40)18(44)37-3-5-47-4-2-21(25,26)22(27,28)23(29,30)24(31,32)33/h10-11,40-43H,2-9H2,1H3,(H,37,44)(H,38,45). The highest BCUT2D eigenvalue weighted by atomic mass is 127. The molecule has 2 unspecified atom stereocenters. The van der Waals surface area contributed by atoms with Gasteiger partial charge in [-0.25, -0.2) is 0 Å². The number of halogens is 12. The highest BCUT2D eigenvalue weighted by Gasteiger charge is 2.81. The van der Waals surface area contributed by atoms with Gasteiger partial charge in [-0.2, -0.15) is 39.5 Å². The summed E-state index contributed by atoms with van der Waals surface area (Å²) in [6.07, 6.45) is -11.9. The van der Waals surface area contributed by atoms with Crippen LogP contribution in [0.1, 0.15) is 37.5 Å². The van der Waals surface area contributed by atoms with Crippen molar-refractivity contribution in [1.29, 1.82) is 0 Å². The maximum atomic E-state index is 13.7. The zero-order valence-electron chi connectivity index (χ0n) is 23.7. The Hall–Kier alpha value is -1.01. The fraction of sp³-hybridized carbons (Fsp3) is 0.625. The number of carbonyl (C=O) groups excluding carboxylic acids is 3. The molecule has 23 heteroatoms. The molecule has 6 N–H and O–H groups in total. The maximum absolute atomic E-state index is 13.7. The van der Waals surface area contributed by atoms with Crippen molar-refractivity contribution in [3.05, 3.63) is 27.4 Å². The number of aliphatic hydroxyl groups is 4. The highest BCUT2D eigenvalue weighted by molar-refractivity contribution is 14.1. The van der Waals surface area contributed by atoms with Gasteiger partial charge in [-0.15, -0.1) is 0 Å². The molecular weight excluding hydrogens is 1010 g/mol. The van der Waals surface area contributed by atoms with E-state index in [2.05, 4.69) is 15.4 Å². The van der Waals surface area contributed by atoms with E-state index in [0.29, 0.717) is 0 Å². The van der Waals surface area contributed by atoms with E-state index < -0.39 is 99.8 Å². The molecule has 0 spiro atoms. The first-order valence-corrected chi connectivity index (χ1v) is 16.0. The number of amides is 3. The van der Waals surface area contributed by atoms with Crippen molar-refractivity contribution < 1.29 is 79.1 Å². The summed E-state index contributed by atoms with van der Waals surface area (Å²) >= 11 is 4.88. The number of aliphatic hydroxyl groups excluding tert-OH is 4. The van der Waals surface area contributed by atoms with E-state index >= 15 is 0 Å². The molecule has 1 aromatic carbocycles. The molecule has 47 heavy (non-hydrogen) atoms. The Labute approximate surface area is 301 Å². The van der Waals surface area contributed by atoms with Gasteiger partial charge in [0.05, 0.1) is 55.3 Å². The molecule has 0 aliphatic carbocycles. The lowest BCUT2D eigenvalue weighted by atomic mass is 10.0. The Morgan fingerprint density at radius 2 is 1.23 bits per heavy atom. The summed E-state index contributed by atoms with van der Waals surface area (Å²) in [7, 11) is 1.25. The Balaban J connectivity index is 3.23. The van der Waals surface area contributed by atoms with Gasteiger partial charge < -0.3 is 40.7 Å². The van der Waals surface area contributed by atoms with Gasteiger partial charge in [0, 0.05) is 43.8 Å². The predicted octanol–water partition coefficient (Wildman–Crippen LogP) is 2.61. The maximum Gasteiger partial charge on any atom is 0.460 e. The minimum atomic E-state index is -7.04. The Bertz CT molecular complexity index is 1290. The van der Waals surface area contributed by atoms with E-state index in [1.54, 1.807) is 67.8 Å². The Morgan fingerprint density at radius 1 is 0.766 bits per heavy atom. The van der Waals surface area contributed by atoms with Crippen LogP contribution in [0.4, 0.5) is 39.5 Å². The number of nitrogens with zero attached hydrogens (tertiary/aromatic N) is 1. The van der Waals surface area contributed by atoms with Gasteiger partial charge in [0.25, 0.3) is 17.7 Å². The van der Waals surface area contributed by atoms with E-state index in [-0.39, 0.29) is 33.9 Å². The summed E-state index contributed by atoms with van der Waals surface area (Å²) in [5, 5.41) is 42.1. The number of ether oxygens (including phenoxy) is 1. The van der Waals surface area contributed by atoms with Crippen LogP contribution in [0.3, 0.4) is 0 Å². The van der Waals surface area contributed by atoms with Crippen LogP contribution >= 0.6 is 67.8 Å². The van der Waals surface area contributed by atoms with Crippen LogP contribution in [0.15, 0.2) is 0 Å². The van der Waals surface area contributed by atoms with E-state index in [9.17, 15) is 64.1 Å². The van der Waals surface area contributed by atoms with Crippen molar-refractivity contribution in [2.45, 2.75) is 42.6 Å². The van der Waals surface area contributed by atoms with E-state index in [1.165, 1.54) is 7.05 Å². The Kier molecular flexibility index (Phi) is 16.6. The van der Waals surface area contributed by atoms with E-state index in [0.717, 1.165) is 4.90 Å². The third-order valence-corrected chi connectivity index (χ3v) is 9.27. The number of alkyl halides is 9. The first-order chi connectivity index (χ1) is 21.4. The first-order valence-electron chi connectivity index (χ1n) is 12.8. The molecule has 0 bridgehead atoms. The summed E-state index contributed by atoms with van der Waals surface area (Å²) in [6, 6.07) is 0. The van der Waals surface area contributed by atoms with Crippen molar-refractivity contribution in [2.24, 2.45) is 0 Å². The van der Waals surface area contributed by atoms with Gasteiger partial charge in [-0.1, -0.05) is 0 Å². The number of hydrogen-bond donors (Lipinski definition) is 6. The number of likely N-dealkylation sites (N-methyl/N-ethyl adjacent to an activating group) is 1. The molecule has 1 aromatic rings. The molecule has 0 saturated heterocycles.